The molecule has 0 aliphatic heterocycles. The van der Waals surface area contributed by atoms with E-state index < -0.39 is 0 Å². The van der Waals surface area contributed by atoms with Crippen molar-refractivity contribution in [3.8, 4) is 0 Å². The van der Waals surface area contributed by atoms with Gasteiger partial charge in [0, 0.05) is 12.1 Å². The van der Waals surface area contributed by atoms with E-state index in [0.717, 1.165) is 11.3 Å². The van der Waals surface area contributed by atoms with Crippen molar-refractivity contribution in [1.29, 1.82) is 0 Å². The maximum atomic E-state index is 12.8. The normalized spacial score (nSPS) is 10.5. The summed E-state index contributed by atoms with van der Waals surface area (Å²) in [7, 11) is 0. The zero-order valence-electron chi connectivity index (χ0n) is 11.3. The molecule has 4 nitrogen and oxygen atoms in total. The Bertz CT molecular complexity index is 695. The zero-order valence-corrected chi connectivity index (χ0v) is 11.3. The average molecular weight is 283 g/mol. The molecule has 0 unspecified atom stereocenters. The Balaban J connectivity index is 1.59. The van der Waals surface area contributed by atoms with Crippen LogP contribution in [0.15, 0.2) is 59.1 Å². The number of hydrogen-bond donors (Lipinski definition) is 1. The summed E-state index contributed by atoms with van der Waals surface area (Å²) < 4.78 is 18.0. The van der Waals surface area contributed by atoms with Crippen molar-refractivity contribution in [2.75, 3.05) is 5.32 Å². The van der Waals surface area contributed by atoms with Crippen molar-refractivity contribution < 1.29 is 8.91 Å². The second-order valence-corrected chi connectivity index (χ2v) is 4.63. The van der Waals surface area contributed by atoms with Gasteiger partial charge < -0.3 is 9.84 Å². The smallest absolute Gasteiger partial charge is 0.245 e. The summed E-state index contributed by atoms with van der Waals surface area (Å²) >= 11 is 0. The van der Waals surface area contributed by atoms with E-state index in [1.807, 2.05) is 30.3 Å². The maximum absolute atomic E-state index is 12.8. The van der Waals surface area contributed by atoms with E-state index in [2.05, 4.69) is 15.5 Å². The zero-order chi connectivity index (χ0) is 14.5. The van der Waals surface area contributed by atoms with E-state index in [-0.39, 0.29) is 5.82 Å². The van der Waals surface area contributed by atoms with E-state index in [4.69, 9.17) is 4.52 Å². The van der Waals surface area contributed by atoms with Crippen LogP contribution >= 0.6 is 0 Å². The van der Waals surface area contributed by atoms with Crippen LogP contribution in [0.25, 0.3) is 0 Å². The molecule has 1 heterocycles. The van der Waals surface area contributed by atoms with E-state index in [9.17, 15) is 4.39 Å². The fraction of sp³-hybridized carbons (Fsp3) is 0.125. The molecule has 0 saturated carbocycles. The number of halogens is 1. The third kappa shape index (κ3) is 3.66. The van der Waals surface area contributed by atoms with Gasteiger partial charge in [-0.2, -0.15) is 4.98 Å². The lowest BCUT2D eigenvalue weighted by atomic mass is 10.1. The Morgan fingerprint density at radius 2 is 1.76 bits per heavy atom. The van der Waals surface area contributed by atoms with E-state index in [1.165, 1.54) is 12.1 Å². The molecule has 1 N–H and O–H groups in total. The molecule has 21 heavy (non-hydrogen) atoms. The number of anilines is 1. The van der Waals surface area contributed by atoms with Crippen molar-refractivity contribution in [3.05, 3.63) is 77.7 Å². The van der Waals surface area contributed by atoms with Gasteiger partial charge in [-0.1, -0.05) is 35.5 Å². The first-order valence-electron chi connectivity index (χ1n) is 6.64. The van der Waals surface area contributed by atoms with Crippen molar-refractivity contribution >= 4 is 5.69 Å². The molecule has 3 rings (SSSR count). The molecule has 0 bridgehead atoms. The number of hydrogen-bond acceptors (Lipinski definition) is 4. The van der Waals surface area contributed by atoms with Crippen LogP contribution in [-0.4, -0.2) is 10.1 Å². The Morgan fingerprint density at radius 3 is 2.52 bits per heavy atom. The predicted molar refractivity (Wildman–Crippen MR) is 77.3 cm³/mol. The Kier molecular flexibility index (Phi) is 3.91. The van der Waals surface area contributed by atoms with Crippen LogP contribution in [-0.2, 0) is 13.0 Å². The summed E-state index contributed by atoms with van der Waals surface area (Å²) in [6, 6.07) is 16.1. The summed E-state index contributed by atoms with van der Waals surface area (Å²) in [6.45, 7) is 0.473. The molecule has 0 amide bonds. The van der Waals surface area contributed by atoms with E-state index in [1.54, 1.807) is 12.1 Å². The molecule has 0 radical (unpaired) electrons. The lowest BCUT2D eigenvalue weighted by Gasteiger charge is -2.01. The minimum Gasteiger partial charge on any atom is -0.376 e. The third-order valence-corrected chi connectivity index (χ3v) is 3.00. The van der Waals surface area contributed by atoms with Gasteiger partial charge in [0.1, 0.15) is 5.82 Å². The summed E-state index contributed by atoms with van der Waals surface area (Å²) in [5.74, 6) is 0.863. The monoisotopic (exact) mass is 283 g/mol. The van der Waals surface area contributed by atoms with Crippen LogP contribution in [0, 0.1) is 5.82 Å². The largest absolute Gasteiger partial charge is 0.376 e. The first-order chi connectivity index (χ1) is 10.3. The van der Waals surface area contributed by atoms with Crippen molar-refractivity contribution in [1.82, 2.24) is 10.1 Å². The lowest BCUT2D eigenvalue weighted by Crippen LogP contribution is -1.99. The summed E-state index contributed by atoms with van der Waals surface area (Å²) in [5, 5.41) is 7.13. The topological polar surface area (TPSA) is 51.0 Å². The minimum absolute atomic E-state index is 0.250. The highest BCUT2D eigenvalue weighted by Gasteiger charge is 2.07. The second kappa shape index (κ2) is 6.17. The number of para-hydroxylation sites is 1. The first kappa shape index (κ1) is 13.3. The van der Waals surface area contributed by atoms with Gasteiger partial charge in [-0.3, -0.25) is 0 Å². The van der Waals surface area contributed by atoms with Gasteiger partial charge in [0.15, 0.2) is 5.82 Å². The van der Waals surface area contributed by atoms with E-state index in [0.29, 0.717) is 24.7 Å². The van der Waals surface area contributed by atoms with Gasteiger partial charge in [0.25, 0.3) is 0 Å². The number of rotatable bonds is 5. The van der Waals surface area contributed by atoms with Gasteiger partial charge in [-0.15, -0.1) is 0 Å². The second-order valence-electron chi connectivity index (χ2n) is 4.63. The lowest BCUT2D eigenvalue weighted by molar-refractivity contribution is 0.378. The number of nitrogens with one attached hydrogen (secondary N) is 1. The number of aromatic nitrogens is 2. The van der Waals surface area contributed by atoms with Crippen LogP contribution in [0.3, 0.4) is 0 Å². The Hall–Kier alpha value is -2.69. The molecule has 0 aliphatic carbocycles. The van der Waals surface area contributed by atoms with Crippen LogP contribution in [0.5, 0.6) is 0 Å². The molecular formula is C16H14FN3O. The van der Waals surface area contributed by atoms with Crippen LogP contribution < -0.4 is 5.32 Å². The fourth-order valence-electron chi connectivity index (χ4n) is 1.95. The van der Waals surface area contributed by atoms with Gasteiger partial charge in [0.05, 0.1) is 6.54 Å². The van der Waals surface area contributed by atoms with Crippen molar-refractivity contribution in [3.63, 3.8) is 0 Å². The van der Waals surface area contributed by atoms with E-state index >= 15 is 0 Å². The first-order valence-corrected chi connectivity index (χ1v) is 6.64. The molecule has 0 aliphatic rings. The number of benzene rings is 2. The molecule has 3 aromatic rings. The highest BCUT2D eigenvalue weighted by Crippen LogP contribution is 2.10. The van der Waals surface area contributed by atoms with Gasteiger partial charge in [0.2, 0.25) is 5.89 Å². The molecule has 106 valence electrons. The van der Waals surface area contributed by atoms with Crippen LogP contribution in [0.2, 0.25) is 0 Å². The quantitative estimate of drug-likeness (QED) is 0.779. The maximum Gasteiger partial charge on any atom is 0.245 e. The average Bonchev–Trinajstić information content (AvgIpc) is 2.96. The summed E-state index contributed by atoms with van der Waals surface area (Å²) in [6.07, 6.45) is 0.523. The Morgan fingerprint density at radius 1 is 1.00 bits per heavy atom. The Labute approximate surface area is 121 Å². The van der Waals surface area contributed by atoms with Crippen LogP contribution in [0.1, 0.15) is 17.3 Å². The predicted octanol–water partition coefficient (Wildman–Crippen LogP) is 3.41. The third-order valence-electron chi connectivity index (χ3n) is 3.00. The number of nitrogens with zero attached hydrogens (tertiary/aromatic N) is 2. The fourth-order valence-corrected chi connectivity index (χ4v) is 1.95. The molecule has 2 aromatic carbocycles. The molecule has 0 spiro atoms. The highest BCUT2D eigenvalue weighted by atomic mass is 19.1. The van der Waals surface area contributed by atoms with Gasteiger partial charge >= 0.3 is 0 Å². The van der Waals surface area contributed by atoms with Crippen molar-refractivity contribution in [2.45, 2.75) is 13.0 Å². The van der Waals surface area contributed by atoms with Crippen molar-refractivity contribution in [2.24, 2.45) is 0 Å². The molecule has 0 fully saturated rings. The summed E-state index contributed by atoms with van der Waals surface area (Å²) in [5.41, 5.74) is 1.94. The SMILES string of the molecule is Fc1ccc(Cc2noc(CNc3ccccc3)n2)cc1. The molecule has 0 saturated heterocycles. The van der Waals surface area contributed by atoms with Gasteiger partial charge in [-0.25, -0.2) is 4.39 Å². The standard InChI is InChI=1S/C16H14FN3O/c17-13-8-6-12(7-9-13)10-15-19-16(21-20-15)11-18-14-4-2-1-3-5-14/h1-9,18H,10-11H2. The molecular weight excluding hydrogens is 269 g/mol. The minimum atomic E-state index is -0.250. The van der Waals surface area contributed by atoms with Gasteiger partial charge in [-0.05, 0) is 29.8 Å². The molecule has 1 aromatic heterocycles. The summed E-state index contributed by atoms with van der Waals surface area (Å²) in [4.78, 5) is 4.31. The molecule has 0 atom stereocenters. The van der Waals surface area contributed by atoms with Crippen LogP contribution in [0.4, 0.5) is 10.1 Å². The molecule has 5 heteroatoms. The highest BCUT2D eigenvalue weighted by molar-refractivity contribution is 5.42.